The molecule has 6 aromatic rings. The van der Waals surface area contributed by atoms with Crippen molar-refractivity contribution in [2.75, 3.05) is 9.80 Å². The van der Waals surface area contributed by atoms with Crippen LogP contribution in [0.3, 0.4) is 0 Å². The van der Waals surface area contributed by atoms with Gasteiger partial charge in [-0.15, -0.1) is 24.3 Å². The maximum Gasteiger partial charge on any atom is 0.0461 e. The third kappa shape index (κ3) is 14.3. The van der Waals surface area contributed by atoms with E-state index in [0.717, 1.165) is 45.3 Å². The summed E-state index contributed by atoms with van der Waals surface area (Å²) in [6.45, 7) is 15.4. The van der Waals surface area contributed by atoms with Gasteiger partial charge < -0.3 is 9.80 Å². The zero-order valence-electron chi connectivity index (χ0n) is 26.8. The van der Waals surface area contributed by atoms with E-state index in [1.165, 1.54) is 11.1 Å². The number of hydrogen-bond donors (Lipinski definition) is 0. The van der Waals surface area contributed by atoms with E-state index in [1.807, 2.05) is 36.4 Å². The molecular weight excluding hydrogens is 711 g/mol. The molecule has 0 aliphatic carbocycles. The molecule has 4 radical (unpaired) electrons. The van der Waals surface area contributed by atoms with Crippen molar-refractivity contribution in [2.45, 2.75) is 51.0 Å². The van der Waals surface area contributed by atoms with Gasteiger partial charge in [-0.3, -0.25) is 17.9 Å². The Hall–Kier alpha value is -4.50. The molecule has 0 aromatic heterocycles. The van der Waals surface area contributed by atoms with Crippen LogP contribution in [0.2, 0.25) is 0 Å². The quantitative estimate of drug-likeness (QED) is 0.112. The van der Waals surface area contributed by atoms with Crippen LogP contribution in [0.15, 0.2) is 158 Å². The van der Waals surface area contributed by atoms with Crippen LogP contribution in [0.25, 0.3) is 12.2 Å². The number of nitrogens with zero attached hydrogens (tertiary/aromatic N) is 2. The zero-order valence-corrected chi connectivity index (χ0v) is 29.6. The topological polar surface area (TPSA) is 6.48 Å². The number of halogens is 1. The molecule has 0 aliphatic heterocycles. The van der Waals surface area contributed by atoms with Crippen molar-refractivity contribution in [3.8, 4) is 0 Å². The Morgan fingerprint density at radius 2 is 0.596 bits per heavy atom. The van der Waals surface area contributed by atoms with Gasteiger partial charge >= 0.3 is 0 Å². The largest absolute Gasteiger partial charge is 0.311 e. The number of rotatable bonds is 8. The van der Waals surface area contributed by atoms with E-state index in [2.05, 4.69) is 145 Å². The monoisotopic (exact) mass is 771 g/mol. The molecule has 0 saturated heterocycles. The van der Waals surface area contributed by atoms with Crippen molar-refractivity contribution in [3.05, 3.63) is 193 Å². The van der Waals surface area contributed by atoms with Crippen LogP contribution in [-0.2, 0) is 32.7 Å². The Labute approximate surface area is 345 Å². The van der Waals surface area contributed by atoms with Crippen LogP contribution in [0, 0.1) is 27.0 Å². The first kappa shape index (κ1) is 54.3. The second-order valence-electron chi connectivity index (χ2n) is 10.5. The summed E-state index contributed by atoms with van der Waals surface area (Å²) in [6.07, 6.45) is 3.23. The van der Waals surface area contributed by atoms with E-state index >= 15 is 0 Å². The second-order valence-corrected chi connectivity index (χ2v) is 10.5. The molecule has 0 N–H and O–H groups in total. The van der Waals surface area contributed by atoms with Crippen LogP contribution in [0.5, 0.6) is 0 Å². The van der Waals surface area contributed by atoms with Gasteiger partial charge in [0.1, 0.15) is 0 Å². The van der Waals surface area contributed by atoms with Crippen molar-refractivity contribution in [3.63, 3.8) is 0 Å². The van der Waals surface area contributed by atoms with Gasteiger partial charge in [-0.05, 0) is 62.4 Å². The average molecular weight is 772 g/mol. The smallest absolute Gasteiger partial charge is 0.0461 e. The Morgan fingerprint density at radius 3 is 0.827 bits per heavy atom. The molecule has 0 fully saturated rings. The van der Waals surface area contributed by atoms with Crippen molar-refractivity contribution in [1.29, 1.82) is 0 Å². The van der Waals surface area contributed by atoms with Crippen molar-refractivity contribution >= 4 is 54.7 Å². The van der Waals surface area contributed by atoms with Crippen LogP contribution < -0.4 is 9.80 Å². The third-order valence-corrected chi connectivity index (χ3v) is 7.30. The molecule has 2 nitrogen and oxygen atoms in total. The molecule has 0 bridgehead atoms. The summed E-state index contributed by atoms with van der Waals surface area (Å²) in [5.41, 5.74) is 11.3. The average Bonchev–Trinajstić information content (AvgIpc) is 3.09. The molecule has 5 heteroatoms. The maximum atomic E-state index is 5.58. The minimum absolute atomic E-state index is 0. The predicted octanol–water partition coefficient (Wildman–Crippen LogP) is 15.0. The summed E-state index contributed by atoms with van der Waals surface area (Å²) in [5, 5.41) is 0. The standard InChI is InChI=1S/2C21H18N.5CH4.B.FH.Y.H2/c2*1-3-18-11-15-21(16-12-18)22(19-7-5-4-6-8-19)20-13-9-17(2)10-14-20;;;;;;;;;/h2*1,3-16H,2H3;5*1H4;;1H;;1H/q2*-1;;;;;;;;;/i;;;;;;;;;;1+1. The molecule has 0 heterocycles. The van der Waals surface area contributed by atoms with Gasteiger partial charge in [0, 0.05) is 76.7 Å². The van der Waals surface area contributed by atoms with Crippen LogP contribution >= 0.6 is 0 Å². The van der Waals surface area contributed by atoms with Gasteiger partial charge in [0.15, 0.2) is 0 Å². The van der Waals surface area contributed by atoms with Crippen LogP contribution in [0.1, 0.15) is 60.8 Å². The number of hydrogen-bond acceptors (Lipinski definition) is 2. The first-order valence-corrected chi connectivity index (χ1v) is 14.7. The van der Waals surface area contributed by atoms with E-state index in [-0.39, 0.29) is 84.4 Å². The Morgan fingerprint density at radius 1 is 0.385 bits per heavy atom. The third-order valence-electron chi connectivity index (χ3n) is 7.30. The summed E-state index contributed by atoms with van der Waals surface area (Å²) < 4.78 is 0. The SMILES string of the molecule is C.C.C.C.C.F.[2HH].[B].[CH-]=Cc1ccc(N(c2ccccc2)c2ccc(C)cc2)cc1.[CH-]=Cc1ccc(N(c2ccccc2)c2ccc(C)cc2)cc1.[Y]. The minimum atomic E-state index is 0. The Kier molecular flexibility index (Phi) is 28.4. The van der Waals surface area contributed by atoms with Gasteiger partial charge in [0.05, 0.1) is 0 Å². The van der Waals surface area contributed by atoms with Crippen molar-refractivity contribution in [2.24, 2.45) is 0 Å². The summed E-state index contributed by atoms with van der Waals surface area (Å²) in [5.74, 6) is 0. The second kappa shape index (κ2) is 27.2. The predicted molar refractivity (Wildman–Crippen MR) is 233 cm³/mol. The van der Waals surface area contributed by atoms with Gasteiger partial charge in [-0.1, -0.05) is 133 Å². The molecule has 52 heavy (non-hydrogen) atoms. The normalized spacial score (nSPS) is 8.65. The summed E-state index contributed by atoms with van der Waals surface area (Å²) in [4.78, 5) is 4.47. The summed E-state index contributed by atoms with van der Waals surface area (Å²) >= 11 is 0. The van der Waals surface area contributed by atoms with Crippen molar-refractivity contribution in [1.82, 2.24) is 0 Å². The van der Waals surface area contributed by atoms with E-state index in [9.17, 15) is 0 Å². The van der Waals surface area contributed by atoms with Crippen LogP contribution in [0.4, 0.5) is 38.8 Å². The molecular formula is C47H59BFN2Y-2. The van der Waals surface area contributed by atoms with Gasteiger partial charge in [0.25, 0.3) is 0 Å². The Balaban J connectivity index is -0.000000248. The molecule has 0 saturated carbocycles. The molecule has 6 rings (SSSR count). The fraction of sp³-hybridized carbons (Fsp3) is 0.149. The summed E-state index contributed by atoms with van der Waals surface area (Å²) in [6, 6.07) is 54.3. The fourth-order valence-electron chi connectivity index (χ4n) is 4.91. The van der Waals surface area contributed by atoms with E-state index < -0.39 is 0 Å². The van der Waals surface area contributed by atoms with E-state index in [0.29, 0.717) is 0 Å². The van der Waals surface area contributed by atoms with Gasteiger partial charge in [-0.2, -0.15) is 11.1 Å². The summed E-state index contributed by atoms with van der Waals surface area (Å²) in [7, 11) is 0. The molecule has 0 amide bonds. The first-order chi connectivity index (χ1) is 21.6. The number of benzene rings is 6. The zero-order chi connectivity index (χ0) is 30.7. The molecule has 6 aromatic carbocycles. The molecule has 0 atom stereocenters. The van der Waals surface area contributed by atoms with Crippen molar-refractivity contribution < 1.29 is 38.8 Å². The van der Waals surface area contributed by atoms with E-state index in [4.69, 9.17) is 13.2 Å². The first-order valence-electron chi connectivity index (χ1n) is 14.7. The number of para-hydroxylation sites is 2. The molecule has 0 spiro atoms. The molecule has 0 aliphatic rings. The molecule has 0 unspecified atom stereocenters. The number of aryl methyl sites for hydroxylation is 2. The minimum Gasteiger partial charge on any atom is -0.311 e. The Bertz CT molecular complexity index is 1650. The van der Waals surface area contributed by atoms with Crippen LogP contribution in [-0.4, -0.2) is 8.41 Å². The maximum absolute atomic E-state index is 5.58. The van der Waals surface area contributed by atoms with Gasteiger partial charge in [0.2, 0.25) is 0 Å². The van der Waals surface area contributed by atoms with E-state index in [1.54, 1.807) is 12.2 Å². The molecule has 272 valence electrons. The van der Waals surface area contributed by atoms with Gasteiger partial charge in [-0.25, -0.2) is 12.2 Å². The fourth-order valence-corrected chi connectivity index (χ4v) is 4.91. The number of anilines is 6.